The highest BCUT2D eigenvalue weighted by Gasteiger charge is 2.52. The lowest BCUT2D eigenvalue weighted by atomic mass is 9.83. The molecule has 3 atom stereocenters. The van der Waals surface area contributed by atoms with Crippen molar-refractivity contribution in [1.82, 2.24) is 10.3 Å². The quantitative estimate of drug-likeness (QED) is 0.311. The maximum Gasteiger partial charge on any atom is 0.586 e. The van der Waals surface area contributed by atoms with Crippen molar-refractivity contribution < 1.29 is 50.5 Å². The summed E-state index contributed by atoms with van der Waals surface area (Å²) in [5, 5.41) is 1.34. The van der Waals surface area contributed by atoms with Crippen molar-refractivity contribution in [2.45, 2.75) is 63.6 Å². The molecule has 0 radical (unpaired) electrons. The molecule has 1 N–H and O–H groups in total. The number of amides is 1. The summed E-state index contributed by atoms with van der Waals surface area (Å²) in [5.41, 5.74) is 3.87. The minimum atomic E-state index is -4.60. The molecule has 242 valence electrons. The Balaban J connectivity index is 1.24. The van der Waals surface area contributed by atoms with Crippen LogP contribution in [0.4, 0.5) is 27.6 Å². The Kier molecular flexibility index (Phi) is 8.04. The van der Waals surface area contributed by atoms with Crippen LogP contribution < -0.4 is 24.6 Å². The molecule has 1 aliphatic carbocycles. The average Bonchev–Trinajstić information content (AvgIpc) is 3.56. The van der Waals surface area contributed by atoms with Crippen molar-refractivity contribution in [1.29, 1.82) is 0 Å². The predicted octanol–water partition coefficient (Wildman–Crippen LogP) is 5.87. The molecule has 3 aliphatic heterocycles. The number of rotatable bonds is 6. The number of hydrazine groups is 1. The van der Waals surface area contributed by atoms with Gasteiger partial charge in [0.15, 0.2) is 11.5 Å². The van der Waals surface area contributed by atoms with E-state index in [0.29, 0.717) is 55.8 Å². The number of hydrogen-bond acceptors (Lipinski definition) is 8. The molecule has 0 bridgehead atoms. The number of anilines is 1. The molecular formula is C31H32F5N3O6. The van der Waals surface area contributed by atoms with E-state index in [1.807, 2.05) is 0 Å². The van der Waals surface area contributed by atoms with Crippen LogP contribution in [0, 0.1) is 11.8 Å². The van der Waals surface area contributed by atoms with Gasteiger partial charge in [-0.2, -0.15) is 13.2 Å². The maximum atomic E-state index is 14.3. The molecule has 0 aromatic heterocycles. The van der Waals surface area contributed by atoms with Crippen LogP contribution in [0.25, 0.3) is 0 Å². The predicted molar refractivity (Wildman–Crippen MR) is 149 cm³/mol. The first kappa shape index (κ1) is 30.9. The SMILES string of the molecule is COC(=O)C1CCN(C(=O)C2CCCC3=C2N(c2cccc(O[C@@H](C)c4ccc5c(c4)OC(F)(F)O5)c2)NC3C(F)(F)F)CC1. The number of carbonyl (C=O) groups is 2. The van der Waals surface area contributed by atoms with E-state index in [-0.39, 0.29) is 47.0 Å². The highest BCUT2D eigenvalue weighted by atomic mass is 19.4. The molecule has 14 heteroatoms. The van der Waals surface area contributed by atoms with Crippen molar-refractivity contribution in [2.75, 3.05) is 25.2 Å². The molecule has 45 heavy (non-hydrogen) atoms. The molecular weight excluding hydrogens is 605 g/mol. The fraction of sp³-hybridized carbons (Fsp3) is 0.484. The van der Waals surface area contributed by atoms with Gasteiger partial charge in [-0.05, 0) is 74.4 Å². The molecule has 2 aromatic carbocycles. The number of benzene rings is 2. The summed E-state index contributed by atoms with van der Waals surface area (Å²) in [6.45, 7) is 2.31. The topological polar surface area (TPSA) is 89.6 Å². The van der Waals surface area contributed by atoms with Crippen LogP contribution >= 0.6 is 0 Å². The summed E-state index contributed by atoms with van der Waals surface area (Å²) in [6.07, 6.45) is -7.16. The van der Waals surface area contributed by atoms with Gasteiger partial charge in [0.1, 0.15) is 17.9 Å². The maximum absolute atomic E-state index is 14.3. The average molecular weight is 638 g/mol. The van der Waals surface area contributed by atoms with E-state index in [4.69, 9.17) is 9.47 Å². The Morgan fingerprint density at radius 1 is 1.04 bits per heavy atom. The van der Waals surface area contributed by atoms with Crippen LogP contribution in [0.1, 0.15) is 50.7 Å². The Labute approximate surface area is 255 Å². The molecule has 2 aromatic rings. The highest BCUT2D eigenvalue weighted by molar-refractivity contribution is 5.84. The number of halogens is 5. The first-order chi connectivity index (χ1) is 21.3. The molecule has 1 saturated heterocycles. The van der Waals surface area contributed by atoms with Crippen LogP contribution in [0.5, 0.6) is 17.2 Å². The van der Waals surface area contributed by atoms with Crippen molar-refractivity contribution in [3.8, 4) is 17.2 Å². The summed E-state index contributed by atoms with van der Waals surface area (Å²) in [5.74, 6) is -1.66. The third kappa shape index (κ3) is 6.11. The summed E-state index contributed by atoms with van der Waals surface area (Å²) in [6, 6.07) is 8.75. The molecule has 1 fully saturated rings. The van der Waals surface area contributed by atoms with Gasteiger partial charge in [-0.1, -0.05) is 12.1 Å². The second-order valence-corrected chi connectivity index (χ2v) is 11.5. The number of likely N-dealkylation sites (tertiary alicyclic amines) is 1. The number of esters is 1. The summed E-state index contributed by atoms with van der Waals surface area (Å²) >= 11 is 0. The number of hydrogen-bond donors (Lipinski definition) is 1. The van der Waals surface area contributed by atoms with Crippen molar-refractivity contribution >= 4 is 17.6 Å². The first-order valence-corrected chi connectivity index (χ1v) is 14.7. The lowest BCUT2D eigenvalue weighted by molar-refractivity contribution is -0.286. The summed E-state index contributed by atoms with van der Waals surface area (Å²) in [4.78, 5) is 27.4. The lowest BCUT2D eigenvalue weighted by Gasteiger charge is -2.36. The normalized spacial score (nSPS) is 23.5. The largest absolute Gasteiger partial charge is 0.586 e. The van der Waals surface area contributed by atoms with Gasteiger partial charge in [0, 0.05) is 24.9 Å². The van der Waals surface area contributed by atoms with Gasteiger partial charge < -0.3 is 23.8 Å². The second kappa shape index (κ2) is 11.7. The monoisotopic (exact) mass is 637 g/mol. The molecule has 0 spiro atoms. The number of nitrogens with one attached hydrogen (secondary N) is 1. The number of fused-ring (bicyclic) bond motifs is 1. The van der Waals surface area contributed by atoms with E-state index in [1.54, 1.807) is 42.2 Å². The van der Waals surface area contributed by atoms with E-state index >= 15 is 0 Å². The van der Waals surface area contributed by atoms with E-state index in [0.717, 1.165) is 0 Å². The van der Waals surface area contributed by atoms with Crippen LogP contribution in [0.2, 0.25) is 0 Å². The van der Waals surface area contributed by atoms with Gasteiger partial charge in [0.25, 0.3) is 0 Å². The second-order valence-electron chi connectivity index (χ2n) is 11.5. The van der Waals surface area contributed by atoms with E-state index < -0.39 is 30.5 Å². The summed E-state index contributed by atoms with van der Waals surface area (Å²) in [7, 11) is 1.32. The number of nitrogens with zero attached hydrogens (tertiary/aromatic N) is 2. The smallest absolute Gasteiger partial charge is 0.486 e. The van der Waals surface area contributed by atoms with Gasteiger partial charge in [-0.3, -0.25) is 14.6 Å². The molecule has 0 saturated carbocycles. The Bertz CT molecular complexity index is 1510. The standard InChI is InChI=1S/C31H32F5N3O6/c1-17(19-9-10-24-25(15-19)45-31(35,36)44-24)43-21-6-3-5-20(16-21)39-26-22(27(37-39)30(32,33)34)7-4-8-23(26)28(40)38-13-11-18(12-14-38)29(41)42-2/h3,5-6,9-10,15-18,23,27,37H,4,7-8,11-14H2,1-2H3/t17-,23?,27?/m0/s1. The minimum Gasteiger partial charge on any atom is -0.486 e. The third-order valence-electron chi connectivity index (χ3n) is 8.70. The molecule has 1 amide bonds. The summed E-state index contributed by atoms with van der Waals surface area (Å²) < 4.78 is 89.6. The van der Waals surface area contributed by atoms with Gasteiger partial charge in [0.2, 0.25) is 5.91 Å². The molecule has 9 nitrogen and oxygen atoms in total. The number of methoxy groups -OCH3 is 1. The number of piperidine rings is 1. The fourth-order valence-electron chi connectivity index (χ4n) is 6.49. The Morgan fingerprint density at radius 2 is 1.78 bits per heavy atom. The van der Waals surface area contributed by atoms with E-state index in [1.165, 1.54) is 24.3 Å². The Morgan fingerprint density at radius 3 is 2.49 bits per heavy atom. The number of carbonyl (C=O) groups excluding carboxylic acids is 2. The third-order valence-corrected chi connectivity index (χ3v) is 8.70. The van der Waals surface area contributed by atoms with Crippen LogP contribution in [-0.2, 0) is 14.3 Å². The fourth-order valence-corrected chi connectivity index (χ4v) is 6.49. The Hall–Kier alpha value is -4.07. The van der Waals surface area contributed by atoms with Gasteiger partial charge in [-0.15, -0.1) is 8.78 Å². The number of ether oxygens (including phenoxy) is 4. The van der Waals surface area contributed by atoms with Crippen molar-refractivity contribution in [3.63, 3.8) is 0 Å². The van der Waals surface area contributed by atoms with Gasteiger partial charge >= 0.3 is 18.4 Å². The molecule has 4 aliphatic rings. The zero-order chi connectivity index (χ0) is 32.1. The molecule has 2 unspecified atom stereocenters. The molecule has 6 rings (SSSR count). The van der Waals surface area contributed by atoms with E-state index in [2.05, 4.69) is 14.9 Å². The van der Waals surface area contributed by atoms with Crippen molar-refractivity contribution in [3.05, 3.63) is 59.3 Å². The zero-order valence-corrected chi connectivity index (χ0v) is 24.5. The molecule has 3 heterocycles. The minimum absolute atomic E-state index is 0.106. The lowest BCUT2D eigenvalue weighted by Crippen LogP contribution is -2.47. The van der Waals surface area contributed by atoms with Gasteiger partial charge in [-0.25, -0.2) is 5.43 Å². The van der Waals surface area contributed by atoms with E-state index in [9.17, 15) is 31.5 Å². The first-order valence-electron chi connectivity index (χ1n) is 14.7. The number of alkyl halides is 5. The zero-order valence-electron chi connectivity index (χ0n) is 24.5. The van der Waals surface area contributed by atoms with Crippen LogP contribution in [0.15, 0.2) is 53.7 Å². The van der Waals surface area contributed by atoms with Crippen LogP contribution in [-0.4, -0.2) is 55.5 Å². The van der Waals surface area contributed by atoms with Crippen molar-refractivity contribution in [2.24, 2.45) is 11.8 Å². The van der Waals surface area contributed by atoms with Crippen LogP contribution in [0.3, 0.4) is 0 Å². The highest BCUT2D eigenvalue weighted by Crippen LogP contribution is 2.46. The van der Waals surface area contributed by atoms with Gasteiger partial charge in [0.05, 0.1) is 24.6 Å².